The van der Waals surface area contributed by atoms with Crippen molar-refractivity contribution in [3.8, 4) is 5.75 Å². The topological polar surface area (TPSA) is 185 Å². The second kappa shape index (κ2) is 11.8. The van der Waals surface area contributed by atoms with Gasteiger partial charge < -0.3 is 30.2 Å². The van der Waals surface area contributed by atoms with E-state index in [1.165, 1.54) is 25.4 Å². The van der Waals surface area contributed by atoms with Crippen LogP contribution in [0.5, 0.6) is 5.75 Å². The van der Waals surface area contributed by atoms with Crippen LogP contribution in [0.2, 0.25) is 0 Å². The van der Waals surface area contributed by atoms with Crippen molar-refractivity contribution in [3.05, 3.63) is 36.7 Å². The highest BCUT2D eigenvalue weighted by Crippen LogP contribution is 2.49. The number of hydrogen-bond donors (Lipinski definition) is 4. The summed E-state index contributed by atoms with van der Waals surface area (Å²) in [5.74, 6) is -0.376. The van der Waals surface area contributed by atoms with Crippen molar-refractivity contribution >= 4 is 48.2 Å². The van der Waals surface area contributed by atoms with Gasteiger partial charge in [0.2, 0.25) is 5.95 Å². The van der Waals surface area contributed by atoms with Crippen LogP contribution >= 0.6 is 19.3 Å². The summed E-state index contributed by atoms with van der Waals surface area (Å²) in [4.78, 5) is 24.7. The Labute approximate surface area is 233 Å². The number of anilines is 2. The van der Waals surface area contributed by atoms with Crippen LogP contribution in [0.3, 0.4) is 0 Å². The van der Waals surface area contributed by atoms with Crippen LogP contribution < -0.4 is 20.7 Å². The Morgan fingerprint density at radius 1 is 1.32 bits per heavy atom. The molecule has 0 amide bonds. The summed E-state index contributed by atoms with van der Waals surface area (Å²) in [5, 5.41) is 13.2. The first-order valence-corrected chi connectivity index (χ1v) is 14.1. The highest BCUT2D eigenvalue weighted by molar-refractivity contribution is 7.52. The number of halogens is 2. The van der Waals surface area contributed by atoms with Crippen LogP contribution in [0.25, 0.3) is 11.2 Å². The lowest BCUT2D eigenvalue weighted by molar-refractivity contribution is -0.149. The number of carbonyl (C=O) groups is 1. The predicted octanol–water partition coefficient (Wildman–Crippen LogP) is 2.75. The standard InChI is InChI=1S/C23H30ClFN7O7P/c1-12(2)37-20(34)13(3)31-40(35,39-14-8-6-5-7-9-14)36-10-15-17(33)23(24,25)21(38-15)32-11-28-16-18(27-4)29-22(26)30-19(16)32/h5-9,11-13,15,17,21,33H,10H2,1-4H3,(H,31,35)(H3,26,27,29,30)/t13-,15-,17-,21-,23+,40-/m1/s1. The van der Waals surface area contributed by atoms with Gasteiger partial charge in [-0.3, -0.25) is 13.9 Å². The second-order valence-electron chi connectivity index (χ2n) is 9.18. The summed E-state index contributed by atoms with van der Waals surface area (Å²) in [6.45, 7) is 4.09. The van der Waals surface area contributed by atoms with E-state index in [2.05, 4.69) is 25.4 Å². The number of aliphatic hydroxyl groups excluding tert-OH is 1. The van der Waals surface area contributed by atoms with Crippen LogP contribution in [0.15, 0.2) is 36.7 Å². The average molecular weight is 602 g/mol. The van der Waals surface area contributed by atoms with Crippen LogP contribution in [0.1, 0.15) is 27.0 Å². The third-order valence-electron chi connectivity index (χ3n) is 5.74. The number of nitrogens with two attached hydrogens (primary N) is 1. The van der Waals surface area contributed by atoms with E-state index in [9.17, 15) is 14.5 Å². The average Bonchev–Trinajstić information content (AvgIpc) is 3.40. The maximum absolute atomic E-state index is 15.7. The zero-order chi connectivity index (χ0) is 29.2. The largest absolute Gasteiger partial charge is 0.462 e. The van der Waals surface area contributed by atoms with Gasteiger partial charge in [0.15, 0.2) is 23.2 Å². The van der Waals surface area contributed by atoms with E-state index in [1.807, 2.05) is 0 Å². The number of nitrogen functional groups attached to an aromatic ring is 1. The molecule has 6 atom stereocenters. The number of esters is 1. The number of para-hydroxylation sites is 1. The molecule has 2 aromatic heterocycles. The third-order valence-corrected chi connectivity index (χ3v) is 7.80. The third kappa shape index (κ3) is 6.29. The van der Waals surface area contributed by atoms with Gasteiger partial charge in [-0.05, 0) is 32.9 Å². The quantitative estimate of drug-likeness (QED) is 0.143. The summed E-state index contributed by atoms with van der Waals surface area (Å²) in [6, 6.07) is 6.93. The number of aromatic nitrogens is 4. The van der Waals surface area contributed by atoms with Crippen LogP contribution in [-0.2, 0) is 23.4 Å². The number of imidazole rings is 1. The number of carbonyl (C=O) groups excluding carboxylic acids is 1. The van der Waals surface area contributed by atoms with Crippen molar-refractivity contribution in [3.63, 3.8) is 0 Å². The second-order valence-corrected chi connectivity index (χ2v) is 11.5. The highest BCUT2D eigenvalue weighted by Gasteiger charge is 2.58. The molecule has 17 heteroatoms. The van der Waals surface area contributed by atoms with Crippen molar-refractivity contribution < 1.29 is 37.4 Å². The Hall–Kier alpha value is -3.07. The molecule has 1 fully saturated rings. The lowest BCUT2D eigenvalue weighted by Crippen LogP contribution is -2.40. The van der Waals surface area contributed by atoms with E-state index < -0.39 is 56.0 Å². The number of hydrogen-bond acceptors (Lipinski definition) is 12. The fraction of sp³-hybridized carbons (Fsp3) is 0.478. The Morgan fingerprint density at radius 2 is 2.02 bits per heavy atom. The number of nitrogens with one attached hydrogen (secondary N) is 2. The number of aliphatic hydroxyl groups is 1. The molecule has 40 heavy (non-hydrogen) atoms. The molecule has 0 bridgehead atoms. The van der Waals surface area contributed by atoms with Crippen molar-refractivity contribution in [2.75, 3.05) is 24.7 Å². The Bertz CT molecular complexity index is 1400. The molecule has 5 N–H and O–H groups in total. The summed E-state index contributed by atoms with van der Waals surface area (Å²) < 4.78 is 52.6. The molecule has 0 unspecified atom stereocenters. The molecule has 0 spiro atoms. The summed E-state index contributed by atoms with van der Waals surface area (Å²) >= 11 is 6.12. The number of benzene rings is 1. The van der Waals surface area contributed by atoms with Gasteiger partial charge >= 0.3 is 13.7 Å². The molecule has 0 saturated carbocycles. The molecule has 1 aromatic carbocycles. The fourth-order valence-corrected chi connectivity index (χ4v) is 5.69. The Morgan fingerprint density at radius 3 is 2.67 bits per heavy atom. The van der Waals surface area contributed by atoms with E-state index in [1.54, 1.807) is 39.1 Å². The number of nitrogens with zero attached hydrogens (tertiary/aromatic N) is 4. The maximum atomic E-state index is 15.7. The van der Waals surface area contributed by atoms with Crippen LogP contribution in [-0.4, -0.2) is 73.7 Å². The monoisotopic (exact) mass is 601 g/mol. The van der Waals surface area contributed by atoms with Gasteiger partial charge in [-0.25, -0.2) is 13.9 Å². The molecule has 0 aliphatic carbocycles. The van der Waals surface area contributed by atoms with E-state index in [0.29, 0.717) is 0 Å². The zero-order valence-corrected chi connectivity index (χ0v) is 23.7. The molecular formula is C23H30ClFN7O7P. The van der Waals surface area contributed by atoms with Gasteiger partial charge in [0, 0.05) is 7.05 Å². The van der Waals surface area contributed by atoms with E-state index in [-0.39, 0.29) is 28.7 Å². The van der Waals surface area contributed by atoms with Gasteiger partial charge in [0.05, 0.1) is 19.0 Å². The van der Waals surface area contributed by atoms with Gasteiger partial charge in [-0.15, -0.1) is 0 Å². The zero-order valence-electron chi connectivity index (χ0n) is 22.0. The lowest BCUT2D eigenvalue weighted by Gasteiger charge is -2.25. The molecule has 3 heterocycles. The highest BCUT2D eigenvalue weighted by atomic mass is 35.5. The van der Waals surface area contributed by atoms with Crippen molar-refractivity contribution in [2.24, 2.45) is 0 Å². The minimum atomic E-state index is -4.32. The van der Waals surface area contributed by atoms with Gasteiger partial charge in [0.25, 0.3) is 5.13 Å². The fourth-order valence-electron chi connectivity index (χ4n) is 3.89. The lowest BCUT2D eigenvalue weighted by atomic mass is 10.1. The first-order chi connectivity index (χ1) is 18.8. The van der Waals surface area contributed by atoms with Crippen LogP contribution in [0.4, 0.5) is 16.2 Å². The van der Waals surface area contributed by atoms with Crippen molar-refractivity contribution in [2.45, 2.75) is 56.5 Å². The molecule has 1 aliphatic rings. The number of ether oxygens (including phenoxy) is 2. The van der Waals surface area contributed by atoms with Crippen molar-refractivity contribution in [1.29, 1.82) is 0 Å². The van der Waals surface area contributed by atoms with E-state index in [4.69, 9.17) is 35.9 Å². The molecule has 4 rings (SSSR count). The summed E-state index contributed by atoms with van der Waals surface area (Å²) in [7, 11) is -2.73. The molecular weight excluding hydrogens is 572 g/mol. The van der Waals surface area contributed by atoms with E-state index in [0.717, 1.165) is 4.57 Å². The molecule has 3 aromatic rings. The summed E-state index contributed by atoms with van der Waals surface area (Å²) in [6.07, 6.45) is -4.22. The van der Waals surface area contributed by atoms with Gasteiger partial charge in [-0.2, -0.15) is 15.1 Å². The minimum absolute atomic E-state index is 0.0931. The maximum Gasteiger partial charge on any atom is 0.459 e. The Balaban J connectivity index is 1.56. The van der Waals surface area contributed by atoms with E-state index >= 15 is 4.39 Å². The first-order valence-electron chi connectivity index (χ1n) is 12.2. The SMILES string of the molecule is CNc1nc(N)nc2c1ncn2[C@@H]1O[C@H](CO[P@](=O)(N[C@H](C)C(=O)OC(C)C)Oc2ccccc2)[C@@H](O)[C@@]1(F)Cl. The smallest absolute Gasteiger partial charge is 0.459 e. The number of alkyl halides is 2. The molecule has 14 nitrogen and oxygen atoms in total. The molecule has 0 radical (unpaired) electrons. The van der Waals surface area contributed by atoms with Crippen LogP contribution in [0, 0.1) is 0 Å². The normalized spacial score (nSPS) is 25.1. The van der Waals surface area contributed by atoms with Gasteiger partial charge in [0.1, 0.15) is 24.0 Å². The number of rotatable bonds is 11. The minimum Gasteiger partial charge on any atom is -0.462 e. The predicted molar refractivity (Wildman–Crippen MR) is 143 cm³/mol. The Kier molecular flexibility index (Phi) is 8.83. The van der Waals surface area contributed by atoms with Crippen molar-refractivity contribution in [1.82, 2.24) is 24.6 Å². The summed E-state index contributed by atoms with van der Waals surface area (Å²) in [5.41, 5.74) is 6.12. The van der Waals surface area contributed by atoms with Gasteiger partial charge in [-0.1, -0.05) is 29.8 Å². The number of fused-ring (bicyclic) bond motifs is 1. The first kappa shape index (κ1) is 29.9. The molecule has 1 saturated heterocycles. The molecule has 218 valence electrons. The molecule has 1 aliphatic heterocycles.